The van der Waals surface area contributed by atoms with Crippen molar-refractivity contribution in [2.45, 2.75) is 18.7 Å². The summed E-state index contributed by atoms with van der Waals surface area (Å²) in [5.41, 5.74) is 0.348. The zero-order valence-electron chi connectivity index (χ0n) is 12.5. The third-order valence-electron chi connectivity index (χ3n) is 3.14. The van der Waals surface area contributed by atoms with Gasteiger partial charge in [-0.1, -0.05) is 13.8 Å². The highest BCUT2D eigenvalue weighted by Crippen LogP contribution is 2.30. The summed E-state index contributed by atoms with van der Waals surface area (Å²) < 4.78 is 4.64. The van der Waals surface area contributed by atoms with E-state index in [0.29, 0.717) is 10.5 Å². The molecule has 0 amide bonds. The van der Waals surface area contributed by atoms with Gasteiger partial charge in [-0.25, -0.2) is 4.79 Å². The van der Waals surface area contributed by atoms with Crippen LogP contribution in [-0.4, -0.2) is 48.3 Å². The van der Waals surface area contributed by atoms with Crippen molar-refractivity contribution in [3.8, 4) is 0 Å². The molecule has 1 aromatic rings. The van der Waals surface area contributed by atoms with E-state index in [1.807, 2.05) is 0 Å². The normalized spacial score (nSPS) is 10.7. The molecule has 0 aliphatic rings. The number of hydrogen-bond acceptors (Lipinski definition) is 6. The predicted molar refractivity (Wildman–Crippen MR) is 82.9 cm³/mol. The van der Waals surface area contributed by atoms with Crippen molar-refractivity contribution < 1.29 is 14.5 Å². The van der Waals surface area contributed by atoms with E-state index >= 15 is 0 Å². The second kappa shape index (κ2) is 8.63. The molecule has 0 fully saturated rings. The summed E-state index contributed by atoms with van der Waals surface area (Å²) in [5, 5.41) is 11.0. The second-order valence-corrected chi connectivity index (χ2v) is 5.44. The SMILES string of the molecule is CCN(CC)CCSc1cc(C(=O)OC)ccc1[N+](=O)[O-]. The first-order valence-corrected chi connectivity index (χ1v) is 7.73. The molecule has 0 N–H and O–H groups in total. The molecule has 0 saturated carbocycles. The highest BCUT2D eigenvalue weighted by atomic mass is 32.2. The molecule has 0 unspecified atom stereocenters. The maximum atomic E-state index is 11.5. The zero-order valence-corrected chi connectivity index (χ0v) is 13.3. The maximum Gasteiger partial charge on any atom is 0.337 e. The lowest BCUT2D eigenvalue weighted by molar-refractivity contribution is -0.387. The zero-order chi connectivity index (χ0) is 15.8. The molecule has 0 aromatic heterocycles. The van der Waals surface area contributed by atoms with Crippen molar-refractivity contribution in [2.75, 3.05) is 32.5 Å². The maximum absolute atomic E-state index is 11.5. The van der Waals surface area contributed by atoms with E-state index in [2.05, 4.69) is 23.5 Å². The number of ether oxygens (including phenoxy) is 1. The molecule has 0 atom stereocenters. The Morgan fingerprint density at radius 3 is 2.57 bits per heavy atom. The van der Waals surface area contributed by atoms with Gasteiger partial charge in [0.05, 0.1) is 22.5 Å². The van der Waals surface area contributed by atoms with Crippen molar-refractivity contribution in [1.82, 2.24) is 4.90 Å². The first-order valence-electron chi connectivity index (χ1n) is 6.75. The van der Waals surface area contributed by atoms with Crippen molar-refractivity contribution in [1.29, 1.82) is 0 Å². The van der Waals surface area contributed by atoms with Gasteiger partial charge in [-0.2, -0.15) is 0 Å². The van der Waals surface area contributed by atoms with Crippen LogP contribution in [0.4, 0.5) is 5.69 Å². The number of nitro benzene ring substituents is 1. The number of carbonyl (C=O) groups excluding carboxylic acids is 1. The number of methoxy groups -OCH3 is 1. The van der Waals surface area contributed by atoms with E-state index in [0.717, 1.165) is 25.4 Å². The fourth-order valence-corrected chi connectivity index (χ4v) is 2.92. The Hall–Kier alpha value is -1.60. The first kappa shape index (κ1) is 17.5. The Morgan fingerprint density at radius 2 is 2.05 bits per heavy atom. The van der Waals surface area contributed by atoms with E-state index in [4.69, 9.17) is 0 Å². The van der Waals surface area contributed by atoms with Gasteiger partial charge in [0.25, 0.3) is 5.69 Å². The van der Waals surface area contributed by atoms with Crippen molar-refractivity contribution in [3.05, 3.63) is 33.9 Å². The van der Waals surface area contributed by atoms with Crippen molar-refractivity contribution in [3.63, 3.8) is 0 Å². The standard InChI is InChI=1S/C14H20N2O4S/c1-4-15(5-2)8-9-21-13-10-11(14(17)20-3)6-7-12(13)16(18)19/h6-7,10H,4-5,8-9H2,1-3H3. The van der Waals surface area contributed by atoms with Crippen molar-refractivity contribution >= 4 is 23.4 Å². The van der Waals surface area contributed by atoms with Crippen LogP contribution in [-0.2, 0) is 4.74 Å². The largest absolute Gasteiger partial charge is 0.465 e. The van der Waals surface area contributed by atoms with Crippen LogP contribution in [0.15, 0.2) is 23.1 Å². The lowest BCUT2D eigenvalue weighted by atomic mass is 10.2. The number of benzene rings is 1. The molecule has 116 valence electrons. The number of esters is 1. The van der Waals surface area contributed by atoms with Gasteiger partial charge in [0.2, 0.25) is 0 Å². The Bertz CT molecular complexity index is 504. The van der Waals surface area contributed by atoms with Crippen LogP contribution < -0.4 is 0 Å². The predicted octanol–water partition coefficient (Wildman–Crippen LogP) is 2.82. The van der Waals surface area contributed by atoms with E-state index in [1.165, 1.54) is 37.1 Å². The molecule has 7 heteroatoms. The number of rotatable bonds is 8. The van der Waals surface area contributed by atoms with Gasteiger partial charge in [0.1, 0.15) is 0 Å². The van der Waals surface area contributed by atoms with E-state index in [9.17, 15) is 14.9 Å². The molecule has 6 nitrogen and oxygen atoms in total. The topological polar surface area (TPSA) is 72.7 Å². The summed E-state index contributed by atoms with van der Waals surface area (Å²) in [6, 6.07) is 4.29. The van der Waals surface area contributed by atoms with Gasteiger partial charge in [0, 0.05) is 18.4 Å². The molecule has 0 aliphatic heterocycles. The first-order chi connectivity index (χ1) is 10.0. The smallest absolute Gasteiger partial charge is 0.337 e. The molecule has 1 aromatic carbocycles. The fourth-order valence-electron chi connectivity index (χ4n) is 1.85. The van der Waals surface area contributed by atoms with Crippen molar-refractivity contribution in [2.24, 2.45) is 0 Å². The summed E-state index contributed by atoms with van der Waals surface area (Å²) >= 11 is 1.39. The van der Waals surface area contributed by atoms with Gasteiger partial charge in [0.15, 0.2) is 0 Å². The summed E-state index contributed by atoms with van der Waals surface area (Å²) in [4.78, 5) is 24.9. The van der Waals surface area contributed by atoms with Gasteiger partial charge in [-0.3, -0.25) is 10.1 Å². The van der Waals surface area contributed by atoms with Crippen LogP contribution in [0.2, 0.25) is 0 Å². The number of carbonyl (C=O) groups is 1. The lowest BCUT2D eigenvalue weighted by Gasteiger charge is -2.17. The van der Waals surface area contributed by atoms with Crippen LogP contribution >= 0.6 is 11.8 Å². The third-order valence-corrected chi connectivity index (χ3v) is 4.16. The summed E-state index contributed by atoms with van der Waals surface area (Å²) in [6.07, 6.45) is 0. The summed E-state index contributed by atoms with van der Waals surface area (Å²) in [6.45, 7) is 6.89. The van der Waals surface area contributed by atoms with E-state index < -0.39 is 10.9 Å². The number of nitro groups is 1. The van der Waals surface area contributed by atoms with E-state index in [1.54, 1.807) is 0 Å². The Balaban J connectivity index is 2.86. The van der Waals surface area contributed by atoms with Crippen LogP contribution in [0.25, 0.3) is 0 Å². The molecule has 0 aliphatic carbocycles. The molecule has 21 heavy (non-hydrogen) atoms. The molecule has 0 bridgehead atoms. The Labute approximate surface area is 128 Å². The van der Waals surface area contributed by atoms with Crippen LogP contribution in [0.1, 0.15) is 24.2 Å². The third kappa shape index (κ3) is 5.02. The van der Waals surface area contributed by atoms with Crippen LogP contribution in [0.3, 0.4) is 0 Å². The average Bonchev–Trinajstić information content (AvgIpc) is 2.50. The average molecular weight is 312 g/mol. The molecule has 1 rings (SSSR count). The minimum absolute atomic E-state index is 0.0206. The molecular weight excluding hydrogens is 292 g/mol. The fraction of sp³-hybridized carbons (Fsp3) is 0.500. The lowest BCUT2D eigenvalue weighted by Crippen LogP contribution is -2.25. The minimum atomic E-state index is -0.490. The number of nitrogens with zero attached hydrogens (tertiary/aromatic N) is 2. The number of hydrogen-bond donors (Lipinski definition) is 0. The van der Waals surface area contributed by atoms with E-state index in [-0.39, 0.29) is 5.69 Å². The van der Waals surface area contributed by atoms with Gasteiger partial charge < -0.3 is 9.64 Å². The number of thioether (sulfide) groups is 1. The van der Waals surface area contributed by atoms with Crippen LogP contribution in [0, 0.1) is 10.1 Å². The Kier molecular flexibility index (Phi) is 7.18. The minimum Gasteiger partial charge on any atom is -0.465 e. The molecule has 0 heterocycles. The van der Waals surface area contributed by atoms with Gasteiger partial charge >= 0.3 is 5.97 Å². The van der Waals surface area contributed by atoms with Crippen LogP contribution in [0.5, 0.6) is 0 Å². The molecule has 0 saturated heterocycles. The van der Waals surface area contributed by atoms with Gasteiger partial charge in [-0.05, 0) is 25.2 Å². The molecule has 0 radical (unpaired) electrons. The summed E-state index contributed by atoms with van der Waals surface area (Å²) in [5.74, 6) is 0.239. The quantitative estimate of drug-likeness (QED) is 0.318. The summed E-state index contributed by atoms with van der Waals surface area (Å²) in [7, 11) is 1.29. The Morgan fingerprint density at radius 1 is 1.38 bits per heavy atom. The van der Waals surface area contributed by atoms with Gasteiger partial charge in [-0.15, -0.1) is 11.8 Å². The molecule has 0 spiro atoms. The molecular formula is C14H20N2O4S. The second-order valence-electron chi connectivity index (χ2n) is 4.31. The highest BCUT2D eigenvalue weighted by Gasteiger charge is 2.17. The monoisotopic (exact) mass is 312 g/mol. The highest BCUT2D eigenvalue weighted by molar-refractivity contribution is 7.99.